The van der Waals surface area contributed by atoms with E-state index in [1.807, 2.05) is 19.1 Å². The van der Waals surface area contributed by atoms with Crippen LogP contribution < -0.4 is 0 Å². The summed E-state index contributed by atoms with van der Waals surface area (Å²) in [7, 11) is 0. The first-order valence-electron chi connectivity index (χ1n) is 16.5. The molecular weight excluding hydrogens is 436 g/mol. The number of phenolic OH excluding ortho intramolecular Hbond substituents is 1. The van der Waals surface area contributed by atoms with Crippen LogP contribution in [-0.2, 0) is 0 Å². The molecule has 0 heterocycles. The molecule has 0 aliphatic heterocycles. The van der Waals surface area contributed by atoms with Gasteiger partial charge in [-0.2, -0.15) is 0 Å². The van der Waals surface area contributed by atoms with E-state index in [4.69, 9.17) is 5.11 Å². The quantitative estimate of drug-likeness (QED) is 0.166. The van der Waals surface area contributed by atoms with Gasteiger partial charge in [0.1, 0.15) is 5.75 Å². The highest BCUT2D eigenvalue weighted by Crippen LogP contribution is 2.28. The van der Waals surface area contributed by atoms with E-state index in [9.17, 15) is 0 Å². The molecule has 1 aliphatic carbocycles. The molecule has 0 spiro atoms. The van der Waals surface area contributed by atoms with Gasteiger partial charge in [-0.05, 0) is 25.0 Å². The molecule has 1 aromatic carbocycles. The normalized spacial score (nSPS) is 13.9. The first-order chi connectivity index (χ1) is 17.7. The average Bonchev–Trinajstić information content (AvgIpc) is 2.90. The molecule has 1 heteroatoms. The molecule has 210 valence electrons. The Balaban J connectivity index is 0.000000681. The zero-order valence-electron chi connectivity index (χ0n) is 24.7. The zero-order chi connectivity index (χ0) is 25.9. The molecule has 0 unspecified atom stereocenters. The molecule has 36 heavy (non-hydrogen) atoms. The monoisotopic (exact) mass is 500 g/mol. The maximum atomic E-state index is 8.76. The Morgan fingerprint density at radius 1 is 0.528 bits per heavy atom. The van der Waals surface area contributed by atoms with E-state index in [2.05, 4.69) is 6.92 Å². The molecule has 0 bridgehead atoms. The Kier molecular flexibility index (Phi) is 23.6. The van der Waals surface area contributed by atoms with E-state index < -0.39 is 0 Å². The number of hydrogen-bond acceptors (Lipinski definition) is 1. The molecule has 0 radical (unpaired) electrons. The summed E-state index contributed by atoms with van der Waals surface area (Å²) in [5, 5.41) is 8.76. The minimum atomic E-state index is 0.329. The van der Waals surface area contributed by atoms with Crippen LogP contribution in [0.15, 0.2) is 24.3 Å². The summed E-state index contributed by atoms with van der Waals surface area (Å²) >= 11 is 0. The van der Waals surface area contributed by atoms with Crippen molar-refractivity contribution in [2.45, 2.75) is 181 Å². The van der Waals surface area contributed by atoms with Gasteiger partial charge >= 0.3 is 0 Å². The second-order valence-electron chi connectivity index (χ2n) is 11.8. The van der Waals surface area contributed by atoms with Crippen LogP contribution in [0.2, 0.25) is 0 Å². The largest absolute Gasteiger partial charge is 0.508 e. The van der Waals surface area contributed by atoms with Crippen molar-refractivity contribution in [3.05, 3.63) is 29.8 Å². The van der Waals surface area contributed by atoms with E-state index >= 15 is 0 Å². The second-order valence-corrected chi connectivity index (χ2v) is 11.8. The van der Waals surface area contributed by atoms with Crippen molar-refractivity contribution < 1.29 is 5.11 Å². The minimum absolute atomic E-state index is 0.329. The Morgan fingerprint density at radius 3 is 1.25 bits per heavy atom. The van der Waals surface area contributed by atoms with Crippen LogP contribution in [0, 0.1) is 12.8 Å². The molecule has 1 saturated carbocycles. The lowest BCUT2D eigenvalue weighted by molar-refractivity contribution is 0.328. The first-order valence-corrected chi connectivity index (χ1v) is 16.5. The fourth-order valence-corrected chi connectivity index (χ4v) is 5.71. The maximum Gasteiger partial charge on any atom is 0.115 e. The predicted molar refractivity (Wildman–Crippen MR) is 162 cm³/mol. The third-order valence-corrected chi connectivity index (χ3v) is 8.22. The van der Waals surface area contributed by atoms with Gasteiger partial charge in [0, 0.05) is 0 Å². The molecule has 0 saturated heterocycles. The van der Waals surface area contributed by atoms with E-state index in [1.54, 1.807) is 31.4 Å². The van der Waals surface area contributed by atoms with E-state index in [1.165, 1.54) is 153 Å². The molecule has 0 amide bonds. The lowest BCUT2D eigenvalue weighted by Crippen LogP contribution is -2.05. The number of aryl methyl sites for hydroxylation is 1. The lowest BCUT2D eigenvalue weighted by atomic mass is 9.85. The summed E-state index contributed by atoms with van der Waals surface area (Å²) in [5.41, 5.74) is 1.17. The Labute approximate surface area is 227 Å². The SMILES string of the molecule is CCCCCCCCCCCCCCCCCCCCCCC1CCCCC1.Cc1ccc(O)cc1. The van der Waals surface area contributed by atoms with Crippen molar-refractivity contribution in [2.75, 3.05) is 0 Å². The summed E-state index contributed by atoms with van der Waals surface area (Å²) in [6.07, 6.45) is 38.9. The van der Waals surface area contributed by atoms with E-state index in [-0.39, 0.29) is 0 Å². The van der Waals surface area contributed by atoms with Gasteiger partial charge in [-0.1, -0.05) is 192 Å². The molecule has 1 fully saturated rings. The van der Waals surface area contributed by atoms with Crippen molar-refractivity contribution in [3.8, 4) is 5.75 Å². The van der Waals surface area contributed by atoms with Crippen LogP contribution in [0.5, 0.6) is 5.75 Å². The van der Waals surface area contributed by atoms with Gasteiger partial charge in [-0.3, -0.25) is 0 Å². The lowest BCUT2D eigenvalue weighted by Gasteiger charge is -2.21. The van der Waals surface area contributed by atoms with Crippen LogP contribution in [0.25, 0.3) is 0 Å². The van der Waals surface area contributed by atoms with Crippen LogP contribution >= 0.6 is 0 Å². The van der Waals surface area contributed by atoms with Crippen molar-refractivity contribution in [1.82, 2.24) is 0 Å². The van der Waals surface area contributed by atoms with Crippen LogP contribution in [0.4, 0.5) is 0 Å². The van der Waals surface area contributed by atoms with Crippen molar-refractivity contribution in [2.24, 2.45) is 5.92 Å². The predicted octanol–water partition coefficient (Wildman–Crippen LogP) is 12.5. The average molecular weight is 501 g/mol. The minimum Gasteiger partial charge on any atom is -0.508 e. The zero-order valence-corrected chi connectivity index (χ0v) is 24.7. The molecule has 0 atom stereocenters. The molecule has 2 rings (SSSR count). The highest BCUT2D eigenvalue weighted by atomic mass is 16.3. The number of unbranched alkanes of at least 4 members (excludes halogenated alkanes) is 19. The Hall–Kier alpha value is -0.980. The highest BCUT2D eigenvalue weighted by Gasteiger charge is 2.12. The van der Waals surface area contributed by atoms with E-state index in [0.717, 1.165) is 5.92 Å². The second kappa shape index (κ2) is 25.7. The molecule has 1 aromatic rings. The summed E-state index contributed by atoms with van der Waals surface area (Å²) in [4.78, 5) is 0. The standard InChI is InChI=1S/C28H56.C7H8O/c1-2-3-4-5-6-7-8-9-10-11-12-13-14-15-16-17-18-19-20-22-25-28-26-23-21-24-27-28;1-6-2-4-7(8)5-3-6/h28H,2-27H2,1H3;2-5,8H,1H3. The number of hydrogen-bond donors (Lipinski definition) is 1. The Morgan fingerprint density at radius 2 is 0.889 bits per heavy atom. The summed E-state index contributed by atoms with van der Waals surface area (Å²) in [5.74, 6) is 1.43. The van der Waals surface area contributed by atoms with Crippen LogP contribution in [0.3, 0.4) is 0 Å². The first kappa shape index (κ1) is 33.0. The number of benzene rings is 1. The molecule has 1 nitrogen and oxygen atoms in total. The van der Waals surface area contributed by atoms with Crippen molar-refractivity contribution in [3.63, 3.8) is 0 Å². The smallest absolute Gasteiger partial charge is 0.115 e. The van der Waals surface area contributed by atoms with Gasteiger partial charge in [0.15, 0.2) is 0 Å². The van der Waals surface area contributed by atoms with Crippen molar-refractivity contribution in [1.29, 1.82) is 0 Å². The van der Waals surface area contributed by atoms with Gasteiger partial charge in [-0.15, -0.1) is 0 Å². The van der Waals surface area contributed by atoms with Crippen LogP contribution in [0.1, 0.15) is 179 Å². The van der Waals surface area contributed by atoms with Gasteiger partial charge < -0.3 is 5.11 Å². The fourth-order valence-electron chi connectivity index (χ4n) is 5.71. The third kappa shape index (κ3) is 22.2. The molecule has 1 N–H and O–H groups in total. The topological polar surface area (TPSA) is 20.2 Å². The van der Waals surface area contributed by atoms with Crippen molar-refractivity contribution >= 4 is 0 Å². The summed E-state index contributed by atoms with van der Waals surface area (Å²) in [6.45, 7) is 4.29. The fraction of sp³-hybridized carbons (Fsp3) is 0.829. The number of phenols is 1. The Bertz CT molecular complexity index is 521. The van der Waals surface area contributed by atoms with E-state index in [0.29, 0.717) is 5.75 Å². The molecule has 1 aliphatic rings. The van der Waals surface area contributed by atoms with Gasteiger partial charge in [0.25, 0.3) is 0 Å². The molecule has 0 aromatic heterocycles. The maximum absolute atomic E-state index is 8.76. The van der Waals surface area contributed by atoms with Gasteiger partial charge in [0.05, 0.1) is 0 Å². The highest BCUT2D eigenvalue weighted by molar-refractivity contribution is 5.24. The van der Waals surface area contributed by atoms with Gasteiger partial charge in [-0.25, -0.2) is 0 Å². The van der Waals surface area contributed by atoms with Crippen LogP contribution in [-0.4, -0.2) is 5.11 Å². The number of aromatic hydroxyl groups is 1. The third-order valence-electron chi connectivity index (χ3n) is 8.22. The number of rotatable bonds is 21. The van der Waals surface area contributed by atoms with Gasteiger partial charge in [0.2, 0.25) is 0 Å². The summed E-state index contributed by atoms with van der Waals surface area (Å²) in [6, 6.07) is 7.09. The summed E-state index contributed by atoms with van der Waals surface area (Å²) < 4.78 is 0. The molecular formula is C35H64O.